The molecule has 2 atom stereocenters. The van der Waals surface area contributed by atoms with E-state index in [2.05, 4.69) is 5.32 Å². The molecule has 2 rings (SSSR count). The van der Waals surface area contributed by atoms with E-state index in [1.54, 1.807) is 43.5 Å². The summed E-state index contributed by atoms with van der Waals surface area (Å²) in [7, 11) is 1.58. The van der Waals surface area contributed by atoms with Crippen LogP contribution in [0.1, 0.15) is 36.5 Å². The lowest BCUT2D eigenvalue weighted by Gasteiger charge is -2.15. The van der Waals surface area contributed by atoms with Crippen molar-refractivity contribution in [2.75, 3.05) is 13.7 Å². The maximum absolute atomic E-state index is 12.9. The third-order valence-electron chi connectivity index (χ3n) is 3.92. The molecule has 2 aromatic carbocycles. The maximum Gasteiger partial charge on any atom is 0.220 e. The van der Waals surface area contributed by atoms with Gasteiger partial charge in [-0.05, 0) is 41.3 Å². The molecule has 0 saturated heterocycles. The lowest BCUT2D eigenvalue weighted by molar-refractivity contribution is -0.121. The minimum Gasteiger partial charge on any atom is -0.497 e. The minimum atomic E-state index is -0.777. The van der Waals surface area contributed by atoms with Gasteiger partial charge in [0, 0.05) is 13.0 Å². The van der Waals surface area contributed by atoms with Gasteiger partial charge in [0.1, 0.15) is 11.6 Å². The van der Waals surface area contributed by atoms with Crippen LogP contribution in [0.2, 0.25) is 0 Å². The Labute approximate surface area is 141 Å². The molecule has 4 nitrogen and oxygen atoms in total. The second-order valence-corrected chi connectivity index (χ2v) is 5.75. The van der Waals surface area contributed by atoms with Gasteiger partial charge in [-0.15, -0.1) is 0 Å². The normalized spacial score (nSPS) is 13.2. The standard InChI is InChI=1S/C19H22FNO3/c1-13(14-3-7-16(20)8-4-14)11-19(23)21-12-18(22)15-5-9-17(24-2)10-6-15/h3-10,13,18,22H,11-12H2,1-2H3,(H,21,23)/t13-,18+/m0/s1. The number of ether oxygens (including phenoxy) is 1. The first-order valence-electron chi connectivity index (χ1n) is 7.83. The first-order valence-corrected chi connectivity index (χ1v) is 7.83. The van der Waals surface area contributed by atoms with Crippen molar-refractivity contribution in [3.63, 3.8) is 0 Å². The number of amides is 1. The maximum atomic E-state index is 12.9. The predicted octanol–water partition coefficient (Wildman–Crippen LogP) is 3.18. The highest BCUT2D eigenvalue weighted by Gasteiger charge is 2.13. The molecule has 0 fully saturated rings. The first-order chi connectivity index (χ1) is 11.5. The third kappa shape index (κ3) is 5.06. The topological polar surface area (TPSA) is 58.6 Å². The van der Waals surface area contributed by atoms with E-state index in [0.717, 1.165) is 5.56 Å². The lowest BCUT2D eigenvalue weighted by atomic mass is 9.97. The van der Waals surface area contributed by atoms with Crippen LogP contribution in [-0.2, 0) is 4.79 Å². The fourth-order valence-electron chi connectivity index (χ4n) is 2.41. The molecule has 0 aromatic heterocycles. The second-order valence-electron chi connectivity index (χ2n) is 5.75. The van der Waals surface area contributed by atoms with Crippen LogP contribution in [0.25, 0.3) is 0 Å². The zero-order valence-electron chi connectivity index (χ0n) is 13.8. The third-order valence-corrected chi connectivity index (χ3v) is 3.92. The molecule has 5 heteroatoms. The molecule has 0 aliphatic rings. The molecule has 0 heterocycles. The van der Waals surface area contributed by atoms with Gasteiger partial charge in [-0.1, -0.05) is 31.2 Å². The first kappa shape index (κ1) is 17.9. The molecule has 128 valence electrons. The molecule has 0 saturated carbocycles. The molecule has 2 N–H and O–H groups in total. The molecule has 2 aromatic rings. The average Bonchev–Trinajstić information content (AvgIpc) is 2.60. The van der Waals surface area contributed by atoms with Crippen LogP contribution in [0.3, 0.4) is 0 Å². The van der Waals surface area contributed by atoms with Crippen molar-refractivity contribution in [1.82, 2.24) is 5.32 Å². The van der Waals surface area contributed by atoms with Crippen molar-refractivity contribution in [2.45, 2.75) is 25.4 Å². The van der Waals surface area contributed by atoms with Crippen molar-refractivity contribution in [3.05, 3.63) is 65.5 Å². The molecular weight excluding hydrogens is 309 g/mol. The Kier molecular flexibility index (Phi) is 6.32. The Hall–Kier alpha value is -2.40. The predicted molar refractivity (Wildman–Crippen MR) is 90.4 cm³/mol. The summed E-state index contributed by atoms with van der Waals surface area (Å²) in [6, 6.07) is 13.2. The number of benzene rings is 2. The summed E-state index contributed by atoms with van der Waals surface area (Å²) in [5, 5.41) is 12.8. The van der Waals surface area contributed by atoms with Gasteiger partial charge in [0.2, 0.25) is 5.91 Å². The summed E-state index contributed by atoms with van der Waals surface area (Å²) in [6.07, 6.45) is -0.498. The van der Waals surface area contributed by atoms with Crippen molar-refractivity contribution in [2.24, 2.45) is 0 Å². The lowest BCUT2D eigenvalue weighted by Crippen LogP contribution is -2.29. The van der Waals surface area contributed by atoms with Crippen molar-refractivity contribution in [3.8, 4) is 5.75 Å². The van der Waals surface area contributed by atoms with Crippen molar-refractivity contribution >= 4 is 5.91 Å². The highest BCUT2D eigenvalue weighted by molar-refractivity contribution is 5.76. The quantitative estimate of drug-likeness (QED) is 0.819. The largest absolute Gasteiger partial charge is 0.497 e. The van der Waals surface area contributed by atoms with Gasteiger partial charge in [0.05, 0.1) is 13.2 Å². The number of methoxy groups -OCH3 is 1. The van der Waals surface area contributed by atoms with Gasteiger partial charge in [-0.3, -0.25) is 4.79 Å². The van der Waals surface area contributed by atoms with Gasteiger partial charge >= 0.3 is 0 Å². The molecule has 0 bridgehead atoms. The fraction of sp³-hybridized carbons (Fsp3) is 0.316. The number of rotatable bonds is 7. The number of halogens is 1. The molecule has 0 unspecified atom stereocenters. The second kappa shape index (κ2) is 8.45. The smallest absolute Gasteiger partial charge is 0.220 e. The number of aliphatic hydroxyl groups is 1. The monoisotopic (exact) mass is 331 g/mol. The fourth-order valence-corrected chi connectivity index (χ4v) is 2.41. The Morgan fingerprint density at radius 1 is 1.12 bits per heavy atom. The summed E-state index contributed by atoms with van der Waals surface area (Å²) in [5.41, 5.74) is 1.62. The van der Waals surface area contributed by atoms with E-state index in [9.17, 15) is 14.3 Å². The average molecular weight is 331 g/mol. The minimum absolute atomic E-state index is 0.0243. The number of nitrogens with one attached hydrogen (secondary N) is 1. The summed E-state index contributed by atoms with van der Waals surface area (Å²) < 4.78 is 18.0. The summed E-state index contributed by atoms with van der Waals surface area (Å²) in [4.78, 5) is 12.0. The number of hydrogen-bond acceptors (Lipinski definition) is 3. The van der Waals surface area contributed by atoms with Crippen LogP contribution in [0.4, 0.5) is 4.39 Å². The van der Waals surface area contributed by atoms with Gasteiger partial charge in [-0.2, -0.15) is 0 Å². The highest BCUT2D eigenvalue weighted by Crippen LogP contribution is 2.20. The van der Waals surface area contributed by atoms with E-state index in [1.165, 1.54) is 12.1 Å². The van der Waals surface area contributed by atoms with E-state index in [4.69, 9.17) is 4.74 Å². The molecule has 0 aliphatic heterocycles. The zero-order chi connectivity index (χ0) is 17.5. The number of aliphatic hydroxyl groups excluding tert-OH is 1. The molecule has 24 heavy (non-hydrogen) atoms. The Morgan fingerprint density at radius 2 is 1.71 bits per heavy atom. The SMILES string of the molecule is COc1ccc([C@H](O)CNC(=O)C[C@H](C)c2ccc(F)cc2)cc1. The van der Waals surface area contributed by atoms with E-state index in [0.29, 0.717) is 11.3 Å². The number of carbonyl (C=O) groups excluding carboxylic acids is 1. The summed E-state index contributed by atoms with van der Waals surface area (Å²) in [6.45, 7) is 2.05. The van der Waals surface area contributed by atoms with Crippen LogP contribution in [0.5, 0.6) is 5.75 Å². The number of hydrogen-bond donors (Lipinski definition) is 2. The Balaban J connectivity index is 1.82. The summed E-state index contributed by atoms with van der Waals surface area (Å²) in [5.74, 6) is 0.240. The zero-order valence-corrected chi connectivity index (χ0v) is 13.8. The van der Waals surface area contributed by atoms with E-state index in [1.807, 2.05) is 6.92 Å². The molecule has 1 amide bonds. The van der Waals surface area contributed by atoms with Gasteiger partial charge in [-0.25, -0.2) is 4.39 Å². The van der Waals surface area contributed by atoms with Gasteiger partial charge < -0.3 is 15.2 Å². The van der Waals surface area contributed by atoms with Gasteiger partial charge in [0.25, 0.3) is 0 Å². The molecule has 0 aliphatic carbocycles. The van der Waals surface area contributed by atoms with Crippen LogP contribution in [0, 0.1) is 5.82 Å². The number of carbonyl (C=O) groups is 1. The molecule has 0 spiro atoms. The van der Waals surface area contributed by atoms with Crippen LogP contribution in [-0.4, -0.2) is 24.7 Å². The highest BCUT2D eigenvalue weighted by atomic mass is 19.1. The van der Waals surface area contributed by atoms with Crippen molar-refractivity contribution < 1.29 is 19.0 Å². The van der Waals surface area contributed by atoms with Crippen LogP contribution in [0.15, 0.2) is 48.5 Å². The Bertz CT molecular complexity index is 655. The van der Waals surface area contributed by atoms with Crippen LogP contribution < -0.4 is 10.1 Å². The summed E-state index contributed by atoms with van der Waals surface area (Å²) >= 11 is 0. The van der Waals surface area contributed by atoms with Crippen molar-refractivity contribution in [1.29, 1.82) is 0 Å². The van der Waals surface area contributed by atoms with Crippen LogP contribution >= 0.6 is 0 Å². The Morgan fingerprint density at radius 3 is 2.29 bits per heavy atom. The van der Waals surface area contributed by atoms with E-state index < -0.39 is 6.10 Å². The van der Waals surface area contributed by atoms with E-state index >= 15 is 0 Å². The molecular formula is C19H22FNO3. The van der Waals surface area contributed by atoms with Gasteiger partial charge in [0.15, 0.2) is 0 Å². The molecule has 0 radical (unpaired) electrons. The van der Waals surface area contributed by atoms with E-state index in [-0.39, 0.29) is 30.6 Å².